The van der Waals surface area contributed by atoms with Gasteiger partial charge in [0.2, 0.25) is 5.91 Å². The summed E-state index contributed by atoms with van der Waals surface area (Å²) in [4.78, 5) is 26.2. The molecule has 1 N–H and O–H groups in total. The SMILES string of the molecule is CCN(CC(=O)Nc1ccccc1OC)C(=O)c1cccc(OC(F)F)c1. The third-order valence-corrected chi connectivity index (χ3v) is 3.69. The van der Waals surface area contributed by atoms with Crippen molar-refractivity contribution in [3.63, 3.8) is 0 Å². The molecule has 27 heavy (non-hydrogen) atoms. The molecule has 0 aliphatic heterocycles. The summed E-state index contributed by atoms with van der Waals surface area (Å²) in [7, 11) is 1.49. The molecule has 0 saturated carbocycles. The normalized spacial score (nSPS) is 10.4. The molecule has 0 radical (unpaired) electrons. The highest BCUT2D eigenvalue weighted by Gasteiger charge is 2.19. The molecule has 144 valence electrons. The summed E-state index contributed by atoms with van der Waals surface area (Å²) in [6, 6.07) is 12.4. The Morgan fingerprint density at radius 1 is 1.15 bits per heavy atom. The fraction of sp³-hybridized carbons (Fsp3) is 0.263. The number of ether oxygens (including phenoxy) is 2. The average Bonchev–Trinajstić information content (AvgIpc) is 2.65. The zero-order valence-corrected chi connectivity index (χ0v) is 14.9. The Labute approximate surface area is 155 Å². The van der Waals surface area contributed by atoms with Crippen LogP contribution in [0.1, 0.15) is 17.3 Å². The summed E-state index contributed by atoms with van der Waals surface area (Å²) in [6.45, 7) is -1.21. The van der Waals surface area contributed by atoms with Crippen molar-refractivity contribution in [3.8, 4) is 11.5 Å². The smallest absolute Gasteiger partial charge is 0.387 e. The highest BCUT2D eigenvalue weighted by Crippen LogP contribution is 2.23. The number of alkyl halides is 2. The minimum absolute atomic E-state index is 0.120. The number of benzene rings is 2. The van der Waals surface area contributed by atoms with Crippen LogP contribution in [0, 0.1) is 0 Å². The van der Waals surface area contributed by atoms with E-state index < -0.39 is 18.4 Å². The number of hydrogen-bond acceptors (Lipinski definition) is 4. The lowest BCUT2D eigenvalue weighted by Gasteiger charge is -2.21. The quantitative estimate of drug-likeness (QED) is 0.765. The van der Waals surface area contributed by atoms with E-state index >= 15 is 0 Å². The first-order valence-electron chi connectivity index (χ1n) is 8.21. The second kappa shape index (κ2) is 9.51. The number of amides is 2. The predicted octanol–water partition coefficient (Wildman–Crippen LogP) is 3.40. The number of hydrogen-bond donors (Lipinski definition) is 1. The van der Waals surface area contributed by atoms with E-state index in [1.807, 2.05) is 0 Å². The molecule has 8 heteroatoms. The van der Waals surface area contributed by atoms with Gasteiger partial charge in [0, 0.05) is 12.1 Å². The minimum Gasteiger partial charge on any atom is -0.495 e. The van der Waals surface area contributed by atoms with E-state index in [1.54, 1.807) is 31.2 Å². The number of halogens is 2. The van der Waals surface area contributed by atoms with Crippen LogP contribution < -0.4 is 14.8 Å². The van der Waals surface area contributed by atoms with Gasteiger partial charge >= 0.3 is 6.61 Å². The van der Waals surface area contributed by atoms with Gasteiger partial charge in [-0.25, -0.2) is 0 Å². The van der Waals surface area contributed by atoms with Gasteiger partial charge in [-0.2, -0.15) is 8.78 Å². The highest BCUT2D eigenvalue weighted by molar-refractivity contribution is 6.00. The average molecular weight is 378 g/mol. The van der Waals surface area contributed by atoms with E-state index in [2.05, 4.69) is 10.1 Å². The largest absolute Gasteiger partial charge is 0.495 e. The number of nitrogens with zero attached hydrogens (tertiary/aromatic N) is 1. The van der Waals surface area contributed by atoms with Gasteiger partial charge in [0.1, 0.15) is 18.0 Å². The van der Waals surface area contributed by atoms with Gasteiger partial charge in [0.25, 0.3) is 5.91 Å². The van der Waals surface area contributed by atoms with Crippen LogP contribution in [-0.4, -0.2) is 43.5 Å². The highest BCUT2D eigenvalue weighted by atomic mass is 19.3. The van der Waals surface area contributed by atoms with Gasteiger partial charge in [-0.3, -0.25) is 9.59 Å². The lowest BCUT2D eigenvalue weighted by Crippen LogP contribution is -2.37. The molecule has 0 atom stereocenters. The summed E-state index contributed by atoms with van der Waals surface area (Å²) in [5, 5.41) is 2.69. The molecule has 0 unspecified atom stereocenters. The third kappa shape index (κ3) is 5.67. The number of rotatable bonds is 8. The number of likely N-dealkylation sites (N-methyl/N-ethyl adjacent to an activating group) is 1. The minimum atomic E-state index is -2.98. The summed E-state index contributed by atoms with van der Waals surface area (Å²) >= 11 is 0. The molecular weight excluding hydrogens is 358 g/mol. The van der Waals surface area contributed by atoms with Crippen LogP contribution in [0.2, 0.25) is 0 Å². The van der Waals surface area contributed by atoms with Crippen molar-refractivity contribution in [2.75, 3.05) is 25.5 Å². The van der Waals surface area contributed by atoms with Gasteiger partial charge in [-0.1, -0.05) is 18.2 Å². The van der Waals surface area contributed by atoms with E-state index in [4.69, 9.17) is 4.74 Å². The Balaban J connectivity index is 2.07. The van der Waals surface area contributed by atoms with E-state index in [0.717, 1.165) is 0 Å². The van der Waals surface area contributed by atoms with Crippen molar-refractivity contribution in [3.05, 3.63) is 54.1 Å². The Hall–Kier alpha value is -3.16. The van der Waals surface area contributed by atoms with Gasteiger partial charge in [-0.05, 0) is 37.3 Å². The van der Waals surface area contributed by atoms with E-state index in [-0.39, 0.29) is 24.4 Å². The van der Waals surface area contributed by atoms with E-state index in [1.165, 1.54) is 36.3 Å². The maximum absolute atomic E-state index is 12.6. The Kier molecular flexibility index (Phi) is 7.10. The zero-order valence-electron chi connectivity index (χ0n) is 14.9. The Morgan fingerprint density at radius 2 is 1.89 bits per heavy atom. The first-order valence-corrected chi connectivity index (χ1v) is 8.21. The molecule has 0 spiro atoms. The van der Waals surface area contributed by atoms with Crippen LogP contribution in [0.4, 0.5) is 14.5 Å². The van der Waals surface area contributed by atoms with Crippen molar-refractivity contribution >= 4 is 17.5 Å². The van der Waals surface area contributed by atoms with Crippen molar-refractivity contribution in [1.29, 1.82) is 0 Å². The predicted molar refractivity (Wildman–Crippen MR) is 96.3 cm³/mol. The Morgan fingerprint density at radius 3 is 2.56 bits per heavy atom. The van der Waals surface area contributed by atoms with Crippen LogP contribution in [0.5, 0.6) is 11.5 Å². The van der Waals surface area contributed by atoms with Crippen LogP contribution in [-0.2, 0) is 4.79 Å². The molecule has 2 rings (SSSR count). The molecule has 2 aromatic carbocycles. The van der Waals surface area contributed by atoms with Crippen molar-refractivity contribution in [1.82, 2.24) is 4.90 Å². The molecule has 6 nitrogen and oxygen atoms in total. The number of nitrogens with one attached hydrogen (secondary N) is 1. The van der Waals surface area contributed by atoms with Gasteiger partial charge in [0.05, 0.1) is 12.8 Å². The molecule has 2 aromatic rings. The number of carbonyl (C=O) groups is 2. The van der Waals surface area contributed by atoms with Crippen LogP contribution in [0.3, 0.4) is 0 Å². The van der Waals surface area contributed by atoms with Gasteiger partial charge in [0.15, 0.2) is 0 Å². The van der Waals surface area contributed by atoms with Crippen molar-refractivity contribution in [2.45, 2.75) is 13.5 Å². The second-order valence-corrected chi connectivity index (χ2v) is 5.47. The summed E-state index contributed by atoms with van der Waals surface area (Å²) in [6.07, 6.45) is 0. The van der Waals surface area contributed by atoms with Crippen molar-refractivity contribution in [2.24, 2.45) is 0 Å². The third-order valence-electron chi connectivity index (χ3n) is 3.69. The Bertz CT molecular complexity index is 799. The number of carbonyl (C=O) groups excluding carboxylic acids is 2. The maximum atomic E-state index is 12.6. The molecule has 2 amide bonds. The summed E-state index contributed by atoms with van der Waals surface area (Å²) < 4.78 is 34.2. The van der Waals surface area contributed by atoms with Crippen LogP contribution in [0.25, 0.3) is 0 Å². The zero-order chi connectivity index (χ0) is 19.8. The van der Waals surface area contributed by atoms with Crippen LogP contribution in [0.15, 0.2) is 48.5 Å². The number of anilines is 1. The lowest BCUT2D eigenvalue weighted by molar-refractivity contribution is -0.116. The molecule has 0 heterocycles. The van der Waals surface area contributed by atoms with E-state index in [0.29, 0.717) is 11.4 Å². The first-order chi connectivity index (χ1) is 12.9. The topological polar surface area (TPSA) is 67.9 Å². The summed E-state index contributed by atoms with van der Waals surface area (Å²) in [5.74, 6) is -0.496. The molecule has 0 bridgehead atoms. The van der Waals surface area contributed by atoms with Gasteiger partial charge < -0.3 is 19.7 Å². The summed E-state index contributed by atoms with van der Waals surface area (Å²) in [5.41, 5.74) is 0.640. The number of methoxy groups -OCH3 is 1. The monoisotopic (exact) mass is 378 g/mol. The molecule has 0 aliphatic rings. The molecular formula is C19H20F2N2O4. The fourth-order valence-electron chi connectivity index (χ4n) is 2.43. The fourth-order valence-corrected chi connectivity index (χ4v) is 2.43. The molecule has 0 saturated heterocycles. The lowest BCUT2D eigenvalue weighted by atomic mass is 10.2. The molecule has 0 fully saturated rings. The number of para-hydroxylation sites is 2. The maximum Gasteiger partial charge on any atom is 0.387 e. The van der Waals surface area contributed by atoms with Crippen LogP contribution >= 0.6 is 0 Å². The second-order valence-electron chi connectivity index (χ2n) is 5.47. The first kappa shape index (κ1) is 20.2. The van der Waals surface area contributed by atoms with E-state index in [9.17, 15) is 18.4 Å². The molecule has 0 aliphatic carbocycles. The standard InChI is InChI=1S/C19H20F2N2O4/c1-3-23(12-17(24)22-15-9-4-5-10-16(15)26-2)18(25)13-7-6-8-14(11-13)27-19(20)21/h4-11,19H,3,12H2,1-2H3,(H,22,24). The molecule has 0 aromatic heterocycles. The van der Waals surface area contributed by atoms with Gasteiger partial charge in [-0.15, -0.1) is 0 Å². The van der Waals surface area contributed by atoms with Crippen molar-refractivity contribution < 1.29 is 27.8 Å².